The maximum absolute atomic E-state index is 12.4. The molecule has 16 heteroatoms. The largest absolute Gasteiger partial charge is 0.444 e. The van der Waals surface area contributed by atoms with Gasteiger partial charge in [0.1, 0.15) is 5.60 Å². The third-order valence-corrected chi connectivity index (χ3v) is 7.63. The summed E-state index contributed by atoms with van der Waals surface area (Å²) in [5.41, 5.74) is 13.3. The molecule has 0 radical (unpaired) electrons. The molecule has 0 saturated heterocycles. The van der Waals surface area contributed by atoms with Crippen LogP contribution in [0.4, 0.5) is 21.9 Å². The molecule has 3 aromatic rings. The van der Waals surface area contributed by atoms with Crippen LogP contribution in [0.1, 0.15) is 61.5 Å². The summed E-state index contributed by atoms with van der Waals surface area (Å²) < 4.78 is 5.50. The summed E-state index contributed by atoms with van der Waals surface area (Å²) >= 11 is 0. The van der Waals surface area contributed by atoms with E-state index in [1.54, 1.807) is 23.1 Å². The van der Waals surface area contributed by atoms with Gasteiger partial charge in [-0.05, 0) is 133 Å². The fourth-order valence-electron chi connectivity index (χ4n) is 4.77. The molecule has 0 aliphatic rings. The number of hydrogen-bond acceptors (Lipinski definition) is 13. The van der Waals surface area contributed by atoms with Crippen LogP contribution in [0.15, 0.2) is 72.8 Å². The summed E-state index contributed by atoms with van der Waals surface area (Å²) in [6.07, 6.45) is 3.20. The molecule has 0 unspecified atom stereocenters. The van der Waals surface area contributed by atoms with Gasteiger partial charge < -0.3 is 41.1 Å². The lowest BCUT2D eigenvalue weighted by Gasteiger charge is -2.28. The minimum atomic E-state index is -0.580. The van der Waals surface area contributed by atoms with Crippen molar-refractivity contribution in [2.45, 2.75) is 58.7 Å². The molecule has 0 aromatic heterocycles. The fourth-order valence-corrected chi connectivity index (χ4v) is 4.77. The number of nitro groups is 2. The van der Waals surface area contributed by atoms with Crippen molar-refractivity contribution in [2.24, 2.45) is 5.73 Å². The highest BCUT2D eigenvalue weighted by molar-refractivity contribution is 5.81. The predicted molar refractivity (Wildman–Crippen MR) is 229 cm³/mol. The highest BCUT2D eigenvalue weighted by Gasteiger charge is 2.22. The van der Waals surface area contributed by atoms with Gasteiger partial charge in [-0.15, -0.1) is 0 Å². The fraction of sp³-hybridized carbons (Fsp3) is 0.512. The maximum atomic E-state index is 12.4. The molecule has 0 heterocycles. The number of rotatable bonds is 18. The number of benzene rings is 3. The first-order chi connectivity index (χ1) is 26.8. The second kappa shape index (κ2) is 29.3. The summed E-state index contributed by atoms with van der Waals surface area (Å²) in [5.74, 6) is 0. The molecule has 3 rings (SSSR count). The zero-order valence-electron chi connectivity index (χ0n) is 35.5. The smallest absolute Gasteiger partial charge is 0.410 e. The Morgan fingerprint density at radius 2 is 1.23 bits per heavy atom. The lowest BCUT2D eigenvalue weighted by atomic mass is 10.1. The Kier molecular flexibility index (Phi) is 26.7. The Bertz CT molecular complexity index is 1600. The van der Waals surface area contributed by atoms with Crippen LogP contribution in [0.2, 0.25) is 0 Å². The lowest BCUT2D eigenvalue weighted by molar-refractivity contribution is -0.385. The first-order valence-corrected chi connectivity index (χ1v) is 18.9. The Morgan fingerprint density at radius 3 is 1.70 bits per heavy atom. The van der Waals surface area contributed by atoms with Crippen molar-refractivity contribution in [3.05, 3.63) is 110 Å². The molecular formula is C41H67N9O7. The number of amides is 1. The summed E-state index contributed by atoms with van der Waals surface area (Å²) in [5, 5.41) is 24.2. The summed E-state index contributed by atoms with van der Waals surface area (Å²) in [4.78, 5) is 50.8. The number of aldehydes is 1. The number of hydrogen-bond donors (Lipinski definition) is 3. The van der Waals surface area contributed by atoms with Gasteiger partial charge in [0.15, 0.2) is 6.29 Å². The van der Waals surface area contributed by atoms with E-state index in [1.807, 2.05) is 79.3 Å². The standard InChI is InChI=1S/C17H29N3O2.C12H19N3O2.C7H5NO3.C5H14N2/c1-17(2,3)22-16(21)20(12-8-11-19(4)5)13-14-9-6-7-10-15(14)18;1-14(2)9-5-8-13-10-11-6-3-4-7-12(11)15(16)17;9-5-6-3-1-2-4-7(6)8(10)11;1-7(2)5-3-4-6/h6-7,9-10H,8,11-13,18H2,1-5H3;3-4,6-7,13H,5,8-10H2,1-2H3;1-5H;3-6H2,1-2H3. The van der Waals surface area contributed by atoms with E-state index in [4.69, 9.17) is 16.2 Å². The number of ether oxygens (including phenoxy) is 1. The topological polar surface area (TPSA) is 207 Å². The van der Waals surface area contributed by atoms with Crippen LogP contribution in [-0.4, -0.2) is 129 Å². The maximum Gasteiger partial charge on any atom is 0.410 e. The van der Waals surface area contributed by atoms with Gasteiger partial charge in [0, 0.05) is 36.5 Å². The number of nitro benzene ring substituents is 2. The number of nitrogens with zero attached hydrogens (tertiary/aromatic N) is 6. The van der Waals surface area contributed by atoms with Gasteiger partial charge in [0.05, 0.1) is 22.0 Å². The molecule has 0 aliphatic heterocycles. The van der Waals surface area contributed by atoms with Crippen LogP contribution < -0.4 is 16.8 Å². The number of nitrogen functional groups attached to an aromatic ring is 1. The number of nitrogens with one attached hydrogen (secondary N) is 1. The zero-order chi connectivity index (χ0) is 43.4. The third-order valence-electron chi connectivity index (χ3n) is 7.63. The minimum Gasteiger partial charge on any atom is -0.444 e. The van der Waals surface area contributed by atoms with Gasteiger partial charge in [-0.3, -0.25) is 25.0 Å². The van der Waals surface area contributed by atoms with E-state index in [9.17, 15) is 29.8 Å². The van der Waals surface area contributed by atoms with E-state index < -0.39 is 10.5 Å². The Morgan fingerprint density at radius 1 is 0.737 bits per heavy atom. The SMILES string of the molecule is CN(C)CCCN.CN(C)CCCN(Cc1ccccc1N)C(=O)OC(C)(C)C.CN(C)CCCNCc1ccccc1[N+](=O)[O-].O=Cc1ccccc1[N+](=O)[O-]. The molecule has 0 saturated carbocycles. The van der Waals surface area contributed by atoms with Crippen molar-refractivity contribution in [2.75, 3.05) is 87.3 Å². The lowest BCUT2D eigenvalue weighted by Crippen LogP contribution is -2.38. The quantitative estimate of drug-likeness (QED) is 0.0451. The molecule has 0 aliphatic carbocycles. The summed E-state index contributed by atoms with van der Waals surface area (Å²) in [6, 6.07) is 20.3. The predicted octanol–water partition coefficient (Wildman–Crippen LogP) is 5.90. The van der Waals surface area contributed by atoms with E-state index in [0.29, 0.717) is 31.6 Å². The number of carbonyl (C=O) groups is 2. The monoisotopic (exact) mass is 798 g/mol. The minimum absolute atomic E-state index is 0.109. The molecule has 0 fully saturated rings. The van der Waals surface area contributed by atoms with Crippen molar-refractivity contribution in [1.29, 1.82) is 0 Å². The third kappa shape index (κ3) is 25.7. The number of nitrogens with two attached hydrogens (primary N) is 2. The van der Waals surface area contributed by atoms with Crippen LogP contribution in [0.25, 0.3) is 0 Å². The molecule has 0 atom stereocenters. The molecule has 0 spiro atoms. The highest BCUT2D eigenvalue weighted by atomic mass is 16.6. The zero-order valence-corrected chi connectivity index (χ0v) is 35.5. The van der Waals surface area contributed by atoms with Gasteiger partial charge in [-0.1, -0.05) is 48.5 Å². The van der Waals surface area contributed by atoms with Gasteiger partial charge in [0.25, 0.3) is 11.4 Å². The molecular weight excluding hydrogens is 731 g/mol. The van der Waals surface area contributed by atoms with E-state index >= 15 is 0 Å². The second-order valence-corrected chi connectivity index (χ2v) is 14.9. The van der Waals surface area contributed by atoms with Gasteiger partial charge in [0.2, 0.25) is 0 Å². The molecule has 0 bridgehead atoms. The van der Waals surface area contributed by atoms with Crippen molar-refractivity contribution in [3.8, 4) is 0 Å². The number of anilines is 1. The molecule has 57 heavy (non-hydrogen) atoms. The Hall–Kier alpha value is -5.00. The molecule has 3 aromatic carbocycles. The van der Waals surface area contributed by atoms with Gasteiger partial charge in [-0.2, -0.15) is 0 Å². The second-order valence-electron chi connectivity index (χ2n) is 14.9. The molecule has 5 N–H and O–H groups in total. The summed E-state index contributed by atoms with van der Waals surface area (Å²) in [7, 11) is 12.2. The van der Waals surface area contributed by atoms with Gasteiger partial charge in [-0.25, -0.2) is 4.79 Å². The van der Waals surface area contributed by atoms with Crippen LogP contribution in [0.3, 0.4) is 0 Å². The summed E-state index contributed by atoms with van der Waals surface area (Å²) in [6.45, 7) is 12.0. The van der Waals surface area contributed by atoms with Crippen molar-refractivity contribution in [1.82, 2.24) is 24.9 Å². The van der Waals surface area contributed by atoms with Crippen molar-refractivity contribution < 1.29 is 24.2 Å². The molecule has 318 valence electrons. The average Bonchev–Trinajstić information content (AvgIpc) is 3.14. The normalized spacial score (nSPS) is 10.7. The van der Waals surface area contributed by atoms with Crippen LogP contribution in [0, 0.1) is 20.2 Å². The van der Waals surface area contributed by atoms with Gasteiger partial charge >= 0.3 is 6.09 Å². The Balaban J connectivity index is 0.000000791. The number of carbonyl (C=O) groups excluding carboxylic acids is 2. The number of para-hydroxylation sites is 3. The first-order valence-electron chi connectivity index (χ1n) is 18.9. The van der Waals surface area contributed by atoms with Crippen LogP contribution >= 0.6 is 0 Å². The molecule has 16 nitrogen and oxygen atoms in total. The Labute approximate surface area is 339 Å². The molecule has 1 amide bonds. The van der Waals surface area contributed by atoms with Crippen LogP contribution in [0.5, 0.6) is 0 Å². The van der Waals surface area contributed by atoms with Crippen molar-refractivity contribution >= 4 is 29.4 Å². The van der Waals surface area contributed by atoms with E-state index in [0.717, 1.165) is 63.1 Å². The average molecular weight is 798 g/mol. The first kappa shape index (κ1) is 52.0. The van der Waals surface area contributed by atoms with E-state index in [1.165, 1.54) is 24.3 Å². The van der Waals surface area contributed by atoms with Crippen molar-refractivity contribution in [3.63, 3.8) is 0 Å². The van der Waals surface area contributed by atoms with Crippen LogP contribution in [-0.2, 0) is 17.8 Å². The van der Waals surface area contributed by atoms with E-state index in [-0.39, 0.29) is 28.0 Å². The highest BCUT2D eigenvalue weighted by Crippen LogP contribution is 2.18. The van der Waals surface area contributed by atoms with E-state index in [2.05, 4.69) is 34.1 Å².